The summed E-state index contributed by atoms with van der Waals surface area (Å²) in [6, 6.07) is 14.3. The Hall–Kier alpha value is -2.20. The molecule has 0 aromatic heterocycles. The maximum Gasteiger partial charge on any atom is 0.185 e. The molecule has 0 spiro atoms. The summed E-state index contributed by atoms with van der Waals surface area (Å²) in [5, 5.41) is 0. The summed E-state index contributed by atoms with van der Waals surface area (Å²) in [6.07, 6.45) is 42.2. The Bertz CT molecular complexity index is 1220. The van der Waals surface area contributed by atoms with Gasteiger partial charge in [-0.2, -0.15) is 0 Å². The van der Waals surface area contributed by atoms with Crippen molar-refractivity contribution in [3.8, 4) is 11.5 Å². The summed E-state index contributed by atoms with van der Waals surface area (Å²) >= 11 is 1.92. The number of hydrogen-bond acceptors (Lipinski definition) is 4. The third kappa shape index (κ3) is 27.4. The monoisotopic (exact) mass is 791 g/mol. The highest BCUT2D eigenvalue weighted by Gasteiger charge is 2.11. The van der Waals surface area contributed by atoms with Crippen molar-refractivity contribution in [1.29, 1.82) is 0 Å². The van der Waals surface area contributed by atoms with E-state index in [0.29, 0.717) is 24.5 Å². The van der Waals surface area contributed by atoms with Gasteiger partial charge in [0.25, 0.3) is 0 Å². The summed E-state index contributed by atoms with van der Waals surface area (Å²) in [5.41, 5.74) is 1.68. The van der Waals surface area contributed by atoms with Gasteiger partial charge in [-0.05, 0) is 72.9 Å². The lowest BCUT2D eigenvalue weighted by Crippen LogP contribution is -2.04. The predicted molar refractivity (Wildman–Crippen MR) is 248 cm³/mol. The molecular formula is C52H86O3S. The molecule has 2 aromatic rings. The van der Waals surface area contributed by atoms with Gasteiger partial charge in [0.15, 0.2) is 17.3 Å². The number of rotatable bonds is 39. The zero-order valence-electron chi connectivity index (χ0n) is 37.0. The van der Waals surface area contributed by atoms with Gasteiger partial charge in [-0.3, -0.25) is 4.79 Å². The summed E-state index contributed by atoms with van der Waals surface area (Å²) in [4.78, 5) is 14.6. The number of allylic oxidation sites excluding steroid dienone is 1. The minimum absolute atomic E-state index is 0.0116. The first kappa shape index (κ1) is 49.9. The maximum absolute atomic E-state index is 13.3. The summed E-state index contributed by atoms with van der Waals surface area (Å²) in [6.45, 7) is 10.5. The van der Waals surface area contributed by atoms with E-state index in [0.717, 1.165) is 35.8 Å². The normalized spacial score (nSPS) is 11.6. The molecule has 0 heterocycles. The Balaban J connectivity index is 1.79. The maximum atomic E-state index is 13.3. The van der Waals surface area contributed by atoms with Gasteiger partial charge in [0, 0.05) is 10.5 Å². The van der Waals surface area contributed by atoms with Crippen LogP contribution in [0.5, 0.6) is 11.5 Å². The number of benzene rings is 2. The summed E-state index contributed by atoms with van der Waals surface area (Å²) in [5.74, 6) is 3.39. The molecule has 2 rings (SSSR count). The first-order valence-electron chi connectivity index (χ1n) is 23.9. The van der Waals surface area contributed by atoms with Crippen molar-refractivity contribution >= 4 is 23.6 Å². The first-order chi connectivity index (χ1) is 27.5. The Morgan fingerprint density at radius 2 is 0.982 bits per heavy atom. The van der Waals surface area contributed by atoms with Crippen LogP contribution in [0.3, 0.4) is 0 Å². The minimum Gasteiger partial charge on any atom is -0.490 e. The van der Waals surface area contributed by atoms with E-state index < -0.39 is 0 Å². The Morgan fingerprint density at radius 1 is 0.536 bits per heavy atom. The van der Waals surface area contributed by atoms with Crippen LogP contribution in [0, 0.1) is 5.92 Å². The number of thioether (sulfide) groups is 1. The van der Waals surface area contributed by atoms with E-state index >= 15 is 0 Å². The lowest BCUT2D eigenvalue weighted by atomic mass is 10.0. The minimum atomic E-state index is -0.0116. The van der Waals surface area contributed by atoms with Crippen LogP contribution in [0.1, 0.15) is 230 Å². The molecule has 56 heavy (non-hydrogen) atoms. The van der Waals surface area contributed by atoms with Crippen LogP contribution in [0.15, 0.2) is 53.4 Å². The molecule has 0 atom stereocenters. The number of ketones is 1. The van der Waals surface area contributed by atoms with Crippen molar-refractivity contribution in [2.24, 2.45) is 5.92 Å². The van der Waals surface area contributed by atoms with Gasteiger partial charge in [0.05, 0.1) is 13.2 Å². The van der Waals surface area contributed by atoms with Gasteiger partial charge in [0.1, 0.15) is 0 Å². The highest BCUT2D eigenvalue weighted by molar-refractivity contribution is 7.99. The SMILES string of the molecule is CCCCCCCCCCCCCCCOc1ccc(C(=O)C=Cc2ccc(SCCCCC(C)C)cc2)cc1OCCCCCCCCCCCCCCC. The van der Waals surface area contributed by atoms with Crippen molar-refractivity contribution in [3.05, 3.63) is 59.7 Å². The molecule has 0 bridgehead atoms. The van der Waals surface area contributed by atoms with E-state index in [2.05, 4.69) is 52.0 Å². The van der Waals surface area contributed by atoms with Gasteiger partial charge in [-0.15, -0.1) is 11.8 Å². The largest absolute Gasteiger partial charge is 0.490 e. The fourth-order valence-corrected chi connectivity index (χ4v) is 8.20. The standard InChI is InChI=1S/C52H86O3S/c1-5-7-9-11-13-15-17-19-21-23-25-27-30-42-54-51-41-37-48(45-52(51)55-43-31-28-26-24-22-20-18-16-14-12-10-8-6-2)50(53)40-36-47-34-38-49(39-35-47)56-44-32-29-33-46(3)4/h34-41,45-46H,5-33,42-44H2,1-4H3. The van der Waals surface area contributed by atoms with Gasteiger partial charge in [-0.25, -0.2) is 0 Å². The Morgan fingerprint density at radius 3 is 1.45 bits per heavy atom. The molecule has 318 valence electrons. The van der Waals surface area contributed by atoms with Crippen molar-refractivity contribution in [3.63, 3.8) is 0 Å². The fraction of sp³-hybridized carbons (Fsp3) is 0.712. The number of carbonyl (C=O) groups excluding carboxylic acids is 1. The zero-order chi connectivity index (χ0) is 40.2. The number of hydrogen-bond donors (Lipinski definition) is 0. The highest BCUT2D eigenvalue weighted by atomic mass is 32.2. The molecule has 0 fully saturated rings. The molecule has 0 saturated carbocycles. The van der Waals surface area contributed by atoms with Crippen LogP contribution in [-0.4, -0.2) is 24.7 Å². The van der Waals surface area contributed by atoms with Gasteiger partial charge >= 0.3 is 0 Å². The third-order valence-corrected chi connectivity index (χ3v) is 12.1. The molecule has 0 saturated heterocycles. The van der Waals surface area contributed by atoms with E-state index in [9.17, 15) is 4.79 Å². The number of carbonyl (C=O) groups is 1. The smallest absolute Gasteiger partial charge is 0.185 e. The molecule has 0 unspecified atom stereocenters. The molecule has 4 heteroatoms. The fourth-order valence-electron chi connectivity index (χ4n) is 7.29. The molecule has 0 aliphatic rings. The van der Waals surface area contributed by atoms with Crippen LogP contribution in [0.25, 0.3) is 6.08 Å². The lowest BCUT2D eigenvalue weighted by molar-refractivity contribution is 0.104. The Labute approximate surface area is 351 Å². The Kier molecular flexibility index (Phi) is 32.0. The van der Waals surface area contributed by atoms with Gasteiger partial charge in [-0.1, -0.05) is 213 Å². The average molecular weight is 791 g/mol. The zero-order valence-corrected chi connectivity index (χ0v) is 37.9. The number of unbranched alkanes of at least 4 members (excludes halogenated alkanes) is 25. The van der Waals surface area contributed by atoms with Crippen molar-refractivity contribution in [1.82, 2.24) is 0 Å². The van der Waals surface area contributed by atoms with Crippen LogP contribution < -0.4 is 9.47 Å². The molecule has 0 aliphatic carbocycles. The second-order valence-electron chi connectivity index (χ2n) is 16.8. The summed E-state index contributed by atoms with van der Waals surface area (Å²) in [7, 11) is 0. The van der Waals surface area contributed by atoms with E-state index in [1.807, 2.05) is 36.0 Å². The van der Waals surface area contributed by atoms with Crippen LogP contribution >= 0.6 is 11.8 Å². The molecule has 0 aliphatic heterocycles. The second kappa shape index (κ2) is 35.9. The molecule has 2 aromatic carbocycles. The number of ether oxygens (including phenoxy) is 2. The lowest BCUT2D eigenvalue weighted by Gasteiger charge is -2.14. The van der Waals surface area contributed by atoms with Crippen molar-refractivity contribution in [2.45, 2.75) is 219 Å². The quantitative estimate of drug-likeness (QED) is 0.0292. The van der Waals surface area contributed by atoms with E-state index in [1.54, 1.807) is 6.08 Å². The van der Waals surface area contributed by atoms with Crippen molar-refractivity contribution in [2.75, 3.05) is 19.0 Å². The van der Waals surface area contributed by atoms with Gasteiger partial charge in [0.2, 0.25) is 0 Å². The van der Waals surface area contributed by atoms with Crippen molar-refractivity contribution < 1.29 is 14.3 Å². The predicted octanol–water partition coefficient (Wildman–Crippen LogP) is 17.4. The highest BCUT2D eigenvalue weighted by Crippen LogP contribution is 2.30. The molecule has 0 amide bonds. The summed E-state index contributed by atoms with van der Waals surface area (Å²) < 4.78 is 12.6. The first-order valence-corrected chi connectivity index (χ1v) is 24.9. The molecule has 0 radical (unpaired) electrons. The molecule has 3 nitrogen and oxygen atoms in total. The topological polar surface area (TPSA) is 35.5 Å². The van der Waals surface area contributed by atoms with Crippen LogP contribution in [0.4, 0.5) is 0 Å². The molecule has 0 N–H and O–H groups in total. The second-order valence-corrected chi connectivity index (χ2v) is 18.0. The van der Waals surface area contributed by atoms with E-state index in [1.165, 1.54) is 178 Å². The van der Waals surface area contributed by atoms with E-state index in [4.69, 9.17) is 9.47 Å². The average Bonchev–Trinajstić information content (AvgIpc) is 3.20. The third-order valence-electron chi connectivity index (χ3n) is 11.0. The van der Waals surface area contributed by atoms with Crippen LogP contribution in [-0.2, 0) is 0 Å². The molecular weight excluding hydrogens is 705 g/mol. The van der Waals surface area contributed by atoms with E-state index in [-0.39, 0.29) is 5.78 Å². The van der Waals surface area contributed by atoms with Gasteiger partial charge < -0.3 is 9.47 Å². The van der Waals surface area contributed by atoms with Crippen LogP contribution in [0.2, 0.25) is 0 Å².